The van der Waals surface area contributed by atoms with Crippen LogP contribution in [0.3, 0.4) is 0 Å². The van der Waals surface area contributed by atoms with Gasteiger partial charge in [-0.1, -0.05) is 48.2 Å². The molecule has 1 aromatic heterocycles. The van der Waals surface area contributed by atoms with E-state index in [0.717, 1.165) is 20.4 Å². The quantitative estimate of drug-likeness (QED) is 0.268. The number of rotatable bonds is 4. The summed E-state index contributed by atoms with van der Waals surface area (Å²) < 4.78 is 1.61. The predicted octanol–water partition coefficient (Wildman–Crippen LogP) is 5.16. The lowest BCUT2D eigenvalue weighted by atomic mass is 10.1. The van der Waals surface area contributed by atoms with Crippen molar-refractivity contribution in [2.45, 2.75) is 0 Å². The lowest BCUT2D eigenvalue weighted by Gasteiger charge is -2.03. The van der Waals surface area contributed by atoms with E-state index in [9.17, 15) is 9.59 Å². The molecule has 0 atom stereocenters. The summed E-state index contributed by atoms with van der Waals surface area (Å²) in [6, 6.07) is 15.1. The zero-order valence-electron chi connectivity index (χ0n) is 14.6. The first-order valence-electron chi connectivity index (χ1n) is 8.36. The van der Waals surface area contributed by atoms with Crippen LogP contribution >= 0.6 is 57.9 Å². The molecule has 0 bridgehead atoms. The fourth-order valence-corrected chi connectivity index (χ4v) is 4.68. The monoisotopic (exact) mass is 549 g/mol. The van der Waals surface area contributed by atoms with E-state index in [0.29, 0.717) is 19.9 Å². The Morgan fingerprint density at radius 2 is 1.86 bits per heavy atom. The number of carbonyl (C=O) groups is 2. The molecule has 0 aliphatic carbocycles. The number of aromatic nitrogens is 1. The van der Waals surface area contributed by atoms with Crippen LogP contribution in [-0.4, -0.2) is 21.1 Å². The maximum absolute atomic E-state index is 12.5. The Morgan fingerprint density at radius 3 is 2.52 bits per heavy atom. The number of thiocarbonyl (C=S) groups is 1. The Kier molecular flexibility index (Phi) is 6.09. The molecule has 1 saturated heterocycles. The van der Waals surface area contributed by atoms with Crippen LogP contribution in [0.15, 0.2) is 58.8 Å². The summed E-state index contributed by atoms with van der Waals surface area (Å²) in [6.45, 7) is 0. The van der Waals surface area contributed by atoms with Crippen LogP contribution in [0.4, 0.5) is 5.13 Å². The standard InChI is InChI=1S/C20H12IN3O2S3/c21-14-7-5-12(6-8-14)15-10-28-19(22-15)23-17(25)13-3-1-11(2-4-13)9-16-18(26)24-20(27)29-16/h1-10H,(H,22,23,25)(H,24,26,27)/b16-9-. The van der Waals surface area contributed by atoms with Gasteiger partial charge in [0.1, 0.15) is 4.32 Å². The molecule has 9 heteroatoms. The predicted molar refractivity (Wildman–Crippen MR) is 131 cm³/mol. The number of anilines is 1. The molecule has 0 spiro atoms. The summed E-state index contributed by atoms with van der Waals surface area (Å²) >= 11 is 9.84. The van der Waals surface area contributed by atoms with Crippen molar-refractivity contribution in [2.75, 3.05) is 5.32 Å². The van der Waals surface area contributed by atoms with Crippen LogP contribution in [0.25, 0.3) is 17.3 Å². The lowest BCUT2D eigenvalue weighted by Crippen LogP contribution is -2.17. The van der Waals surface area contributed by atoms with E-state index in [1.165, 1.54) is 23.1 Å². The smallest absolute Gasteiger partial charge is 0.263 e. The minimum atomic E-state index is -0.234. The normalized spacial score (nSPS) is 14.9. The third kappa shape index (κ3) is 4.92. The number of hydrogen-bond acceptors (Lipinski definition) is 6. The zero-order valence-corrected chi connectivity index (χ0v) is 19.2. The summed E-state index contributed by atoms with van der Waals surface area (Å²) in [5.74, 6) is -0.434. The maximum atomic E-state index is 12.5. The summed E-state index contributed by atoms with van der Waals surface area (Å²) in [6.07, 6.45) is 1.75. The third-order valence-corrected chi connectivity index (χ3v) is 6.62. The highest BCUT2D eigenvalue weighted by Gasteiger charge is 2.21. The van der Waals surface area contributed by atoms with Gasteiger partial charge in [-0.3, -0.25) is 14.9 Å². The molecule has 0 saturated carbocycles. The fraction of sp³-hybridized carbons (Fsp3) is 0. The van der Waals surface area contributed by atoms with E-state index in [1.807, 2.05) is 29.6 Å². The second kappa shape index (κ2) is 8.74. The van der Waals surface area contributed by atoms with E-state index >= 15 is 0 Å². The van der Waals surface area contributed by atoms with E-state index < -0.39 is 0 Å². The highest BCUT2D eigenvalue weighted by Crippen LogP contribution is 2.27. The topological polar surface area (TPSA) is 71.1 Å². The minimum Gasteiger partial charge on any atom is -0.307 e. The van der Waals surface area contributed by atoms with Gasteiger partial charge in [0.25, 0.3) is 11.8 Å². The molecule has 29 heavy (non-hydrogen) atoms. The first-order valence-corrected chi connectivity index (χ1v) is 11.5. The second-order valence-corrected chi connectivity index (χ2v) is 9.80. The number of nitrogens with one attached hydrogen (secondary N) is 2. The van der Waals surface area contributed by atoms with Crippen LogP contribution in [0.5, 0.6) is 0 Å². The molecule has 1 aliphatic rings. The van der Waals surface area contributed by atoms with Crippen molar-refractivity contribution in [1.82, 2.24) is 10.3 Å². The molecule has 1 fully saturated rings. The number of thioether (sulfide) groups is 1. The molecule has 4 rings (SSSR count). The van der Waals surface area contributed by atoms with Crippen molar-refractivity contribution in [2.24, 2.45) is 0 Å². The molecule has 0 radical (unpaired) electrons. The van der Waals surface area contributed by atoms with Crippen LogP contribution < -0.4 is 10.6 Å². The number of amides is 2. The fourth-order valence-electron chi connectivity index (χ4n) is 2.56. The van der Waals surface area contributed by atoms with Gasteiger partial charge in [0, 0.05) is 20.1 Å². The molecule has 5 nitrogen and oxygen atoms in total. The largest absolute Gasteiger partial charge is 0.307 e. The average Bonchev–Trinajstić information content (AvgIpc) is 3.29. The average molecular weight is 549 g/mol. The summed E-state index contributed by atoms with van der Waals surface area (Å²) in [5, 5.41) is 7.87. The number of carbonyl (C=O) groups excluding carboxylic acids is 2. The Morgan fingerprint density at radius 1 is 1.14 bits per heavy atom. The van der Waals surface area contributed by atoms with Gasteiger partial charge >= 0.3 is 0 Å². The molecule has 2 N–H and O–H groups in total. The first-order chi connectivity index (χ1) is 14.0. The van der Waals surface area contributed by atoms with Crippen molar-refractivity contribution in [3.8, 4) is 11.3 Å². The highest BCUT2D eigenvalue weighted by molar-refractivity contribution is 14.1. The van der Waals surface area contributed by atoms with Gasteiger partial charge in [0.05, 0.1) is 10.6 Å². The lowest BCUT2D eigenvalue weighted by molar-refractivity contribution is -0.115. The van der Waals surface area contributed by atoms with Gasteiger partial charge in [-0.2, -0.15) is 0 Å². The van der Waals surface area contributed by atoms with Gasteiger partial charge < -0.3 is 5.32 Å². The van der Waals surface area contributed by atoms with Gasteiger partial charge in [-0.25, -0.2) is 4.98 Å². The van der Waals surface area contributed by atoms with Gasteiger partial charge in [0.2, 0.25) is 0 Å². The van der Waals surface area contributed by atoms with Gasteiger partial charge in [-0.15, -0.1) is 11.3 Å². The Hall–Kier alpha value is -2.08. The van der Waals surface area contributed by atoms with Crippen LogP contribution in [-0.2, 0) is 4.79 Å². The van der Waals surface area contributed by atoms with Gasteiger partial charge in [0.15, 0.2) is 5.13 Å². The van der Waals surface area contributed by atoms with Crippen molar-refractivity contribution in [3.63, 3.8) is 0 Å². The zero-order chi connectivity index (χ0) is 20.4. The van der Waals surface area contributed by atoms with E-state index in [1.54, 1.807) is 30.3 Å². The number of nitrogens with zero attached hydrogens (tertiary/aromatic N) is 1. The first kappa shape index (κ1) is 20.2. The number of hydrogen-bond donors (Lipinski definition) is 2. The molecule has 2 amide bonds. The minimum absolute atomic E-state index is 0.200. The van der Waals surface area contributed by atoms with Crippen LogP contribution in [0, 0.1) is 3.57 Å². The van der Waals surface area contributed by atoms with Crippen molar-refractivity contribution >= 4 is 85.2 Å². The number of benzene rings is 2. The molecule has 3 aromatic rings. The summed E-state index contributed by atoms with van der Waals surface area (Å²) in [4.78, 5) is 29.3. The molecular formula is C20H12IN3O2S3. The van der Waals surface area contributed by atoms with Crippen LogP contribution in [0.2, 0.25) is 0 Å². The number of halogens is 1. The summed E-state index contributed by atoms with van der Waals surface area (Å²) in [7, 11) is 0. The molecule has 144 valence electrons. The molecule has 0 unspecified atom stereocenters. The number of thiazole rings is 1. The highest BCUT2D eigenvalue weighted by atomic mass is 127. The van der Waals surface area contributed by atoms with Crippen molar-refractivity contribution < 1.29 is 9.59 Å². The van der Waals surface area contributed by atoms with Crippen molar-refractivity contribution in [1.29, 1.82) is 0 Å². The molecule has 2 aromatic carbocycles. The van der Waals surface area contributed by atoms with E-state index in [4.69, 9.17) is 12.2 Å². The Labute approximate surface area is 194 Å². The molecular weight excluding hydrogens is 537 g/mol. The van der Waals surface area contributed by atoms with E-state index in [2.05, 4.69) is 38.2 Å². The Balaban J connectivity index is 1.44. The second-order valence-electron chi connectivity index (χ2n) is 5.97. The molecule has 2 heterocycles. The SMILES string of the molecule is O=C1NC(=S)S/C1=C\c1ccc(C(=O)Nc2nc(-c3ccc(I)cc3)cs2)cc1. The van der Waals surface area contributed by atoms with E-state index in [-0.39, 0.29) is 11.8 Å². The van der Waals surface area contributed by atoms with Crippen molar-refractivity contribution in [3.05, 3.63) is 73.5 Å². The molecule has 1 aliphatic heterocycles. The maximum Gasteiger partial charge on any atom is 0.263 e. The van der Waals surface area contributed by atoms with Crippen LogP contribution in [0.1, 0.15) is 15.9 Å². The third-order valence-electron chi connectivity index (χ3n) is 3.98. The Bertz CT molecular complexity index is 1140. The van der Waals surface area contributed by atoms with Gasteiger partial charge in [-0.05, 0) is 58.5 Å². The summed E-state index contributed by atoms with van der Waals surface area (Å²) in [5.41, 5.74) is 3.16.